The average Bonchev–Trinajstić information content (AvgIpc) is 2.93. The van der Waals surface area contributed by atoms with Gasteiger partial charge in [-0.3, -0.25) is 4.79 Å². The zero-order chi connectivity index (χ0) is 15.4. The van der Waals surface area contributed by atoms with E-state index in [1.807, 2.05) is 0 Å². The van der Waals surface area contributed by atoms with Crippen LogP contribution in [-0.2, 0) is 0 Å². The SMILES string of the molecule is COc1ccsc1C(=O)NC(C#N)c1ccc(F)cc1F. The lowest BCUT2D eigenvalue weighted by Crippen LogP contribution is -2.27. The third kappa shape index (κ3) is 3.17. The van der Waals surface area contributed by atoms with Gasteiger partial charge in [0.1, 0.15) is 28.3 Å². The van der Waals surface area contributed by atoms with Crippen molar-refractivity contribution in [1.82, 2.24) is 5.32 Å². The van der Waals surface area contributed by atoms with E-state index in [-0.39, 0.29) is 10.4 Å². The molecule has 2 rings (SSSR count). The van der Waals surface area contributed by atoms with Crippen LogP contribution in [0, 0.1) is 23.0 Å². The van der Waals surface area contributed by atoms with E-state index in [9.17, 15) is 13.6 Å². The Morgan fingerprint density at radius 2 is 2.19 bits per heavy atom. The minimum Gasteiger partial charge on any atom is -0.495 e. The fraction of sp³-hybridized carbons (Fsp3) is 0.143. The molecule has 1 aromatic heterocycles. The molecular weight excluding hydrogens is 298 g/mol. The topological polar surface area (TPSA) is 62.1 Å². The number of amides is 1. The first-order chi connectivity index (χ1) is 10.1. The van der Waals surface area contributed by atoms with Crippen LogP contribution in [0.25, 0.3) is 0 Å². The van der Waals surface area contributed by atoms with Crippen LogP contribution in [0.15, 0.2) is 29.6 Å². The molecule has 7 heteroatoms. The zero-order valence-electron chi connectivity index (χ0n) is 10.9. The second-order valence-corrected chi connectivity index (χ2v) is 4.94. The summed E-state index contributed by atoms with van der Waals surface area (Å²) in [5, 5.41) is 13.1. The van der Waals surface area contributed by atoms with Gasteiger partial charge in [0.15, 0.2) is 0 Å². The number of hydrogen-bond acceptors (Lipinski definition) is 4. The molecule has 1 atom stereocenters. The van der Waals surface area contributed by atoms with Crippen LogP contribution in [0.3, 0.4) is 0 Å². The molecule has 108 valence electrons. The van der Waals surface area contributed by atoms with Crippen LogP contribution in [0.4, 0.5) is 8.78 Å². The van der Waals surface area contributed by atoms with Crippen LogP contribution in [-0.4, -0.2) is 13.0 Å². The molecule has 0 spiro atoms. The molecule has 0 aliphatic heterocycles. The molecule has 21 heavy (non-hydrogen) atoms. The van der Waals surface area contributed by atoms with E-state index in [4.69, 9.17) is 10.00 Å². The van der Waals surface area contributed by atoms with Crippen LogP contribution in [0.1, 0.15) is 21.3 Å². The van der Waals surface area contributed by atoms with Crippen molar-refractivity contribution >= 4 is 17.2 Å². The number of halogens is 2. The van der Waals surface area contributed by atoms with Gasteiger partial charge in [-0.1, -0.05) is 6.07 Å². The summed E-state index contributed by atoms with van der Waals surface area (Å²) in [6.07, 6.45) is 0. The first-order valence-electron chi connectivity index (χ1n) is 5.83. The highest BCUT2D eigenvalue weighted by atomic mass is 32.1. The van der Waals surface area contributed by atoms with E-state index in [0.29, 0.717) is 11.8 Å². The summed E-state index contributed by atoms with van der Waals surface area (Å²) in [5.41, 5.74) is -0.0947. The Morgan fingerprint density at radius 3 is 2.81 bits per heavy atom. The number of carbonyl (C=O) groups is 1. The molecule has 1 N–H and O–H groups in total. The van der Waals surface area contributed by atoms with Gasteiger partial charge in [0, 0.05) is 11.6 Å². The molecule has 1 aromatic carbocycles. The van der Waals surface area contributed by atoms with E-state index in [2.05, 4.69) is 5.32 Å². The van der Waals surface area contributed by atoms with Crippen LogP contribution >= 0.6 is 11.3 Å². The van der Waals surface area contributed by atoms with E-state index in [0.717, 1.165) is 23.5 Å². The maximum atomic E-state index is 13.7. The Balaban J connectivity index is 2.24. The number of rotatable bonds is 4. The van der Waals surface area contributed by atoms with Crippen LogP contribution in [0.5, 0.6) is 5.75 Å². The second kappa shape index (κ2) is 6.33. The molecule has 1 amide bonds. The van der Waals surface area contributed by atoms with Crippen molar-refractivity contribution in [3.63, 3.8) is 0 Å². The van der Waals surface area contributed by atoms with Crippen molar-refractivity contribution in [2.75, 3.05) is 7.11 Å². The largest absolute Gasteiger partial charge is 0.495 e. The number of nitrogens with zero attached hydrogens (tertiary/aromatic N) is 1. The molecular formula is C14H10F2N2O2S. The Hall–Kier alpha value is -2.46. The number of hydrogen-bond donors (Lipinski definition) is 1. The van der Waals surface area contributed by atoms with E-state index < -0.39 is 23.6 Å². The summed E-state index contributed by atoms with van der Waals surface area (Å²) >= 11 is 1.14. The Labute approximate surface area is 123 Å². The number of nitriles is 1. The van der Waals surface area contributed by atoms with E-state index in [1.165, 1.54) is 7.11 Å². The second-order valence-electron chi connectivity index (χ2n) is 4.02. The first-order valence-corrected chi connectivity index (χ1v) is 6.71. The lowest BCUT2D eigenvalue weighted by atomic mass is 10.1. The van der Waals surface area contributed by atoms with Gasteiger partial charge in [-0.2, -0.15) is 5.26 Å². The minimum absolute atomic E-state index is 0.0947. The highest BCUT2D eigenvalue weighted by molar-refractivity contribution is 7.12. The van der Waals surface area contributed by atoms with Crippen molar-refractivity contribution in [3.8, 4) is 11.8 Å². The van der Waals surface area contributed by atoms with Crippen molar-refractivity contribution < 1.29 is 18.3 Å². The smallest absolute Gasteiger partial charge is 0.266 e. The third-order valence-corrected chi connectivity index (χ3v) is 3.63. The Kier molecular flexibility index (Phi) is 4.50. The summed E-state index contributed by atoms with van der Waals surface area (Å²) < 4.78 is 31.5. The van der Waals surface area contributed by atoms with Crippen molar-refractivity contribution in [2.45, 2.75) is 6.04 Å². The number of nitrogens with one attached hydrogen (secondary N) is 1. The molecule has 0 saturated carbocycles. The van der Waals surface area contributed by atoms with E-state index >= 15 is 0 Å². The fourth-order valence-corrected chi connectivity index (χ4v) is 2.50. The lowest BCUT2D eigenvalue weighted by Gasteiger charge is -2.12. The highest BCUT2D eigenvalue weighted by Gasteiger charge is 2.21. The Bertz CT molecular complexity index is 709. The van der Waals surface area contributed by atoms with Gasteiger partial charge in [0.2, 0.25) is 0 Å². The number of ether oxygens (including phenoxy) is 1. The van der Waals surface area contributed by atoms with Crippen molar-refractivity contribution in [2.24, 2.45) is 0 Å². The summed E-state index contributed by atoms with van der Waals surface area (Å²) in [7, 11) is 1.42. The molecule has 1 heterocycles. The quantitative estimate of drug-likeness (QED) is 0.944. The first kappa shape index (κ1) is 14.9. The summed E-state index contributed by atoms with van der Waals surface area (Å²) in [5.74, 6) is -1.83. The number of benzene rings is 1. The van der Waals surface area contributed by atoms with Gasteiger partial charge in [0.05, 0.1) is 13.2 Å². The highest BCUT2D eigenvalue weighted by Crippen LogP contribution is 2.25. The number of methoxy groups -OCH3 is 1. The monoisotopic (exact) mass is 308 g/mol. The predicted octanol–water partition coefficient (Wildman–Crippen LogP) is 3.03. The zero-order valence-corrected chi connectivity index (χ0v) is 11.7. The molecule has 0 fully saturated rings. The van der Waals surface area contributed by atoms with E-state index in [1.54, 1.807) is 17.5 Å². The lowest BCUT2D eigenvalue weighted by molar-refractivity contribution is 0.0946. The summed E-state index contributed by atoms with van der Waals surface area (Å²) in [6.45, 7) is 0. The minimum atomic E-state index is -1.22. The fourth-order valence-electron chi connectivity index (χ4n) is 1.74. The Morgan fingerprint density at radius 1 is 1.43 bits per heavy atom. The maximum absolute atomic E-state index is 13.7. The van der Waals surface area contributed by atoms with Crippen LogP contribution < -0.4 is 10.1 Å². The standard InChI is InChI=1S/C14H10F2N2O2S/c1-20-12-4-5-21-13(12)14(19)18-11(7-17)9-3-2-8(15)6-10(9)16/h2-6,11H,1H3,(H,18,19). The molecule has 0 aliphatic rings. The molecule has 4 nitrogen and oxygen atoms in total. The average molecular weight is 308 g/mol. The summed E-state index contributed by atoms with van der Waals surface area (Å²) in [6, 6.07) is 4.99. The van der Waals surface area contributed by atoms with Gasteiger partial charge >= 0.3 is 0 Å². The van der Waals surface area contributed by atoms with Gasteiger partial charge in [-0.05, 0) is 17.5 Å². The number of thiophene rings is 1. The third-order valence-electron chi connectivity index (χ3n) is 2.73. The number of carbonyl (C=O) groups excluding carboxylic acids is 1. The summed E-state index contributed by atoms with van der Waals surface area (Å²) in [4.78, 5) is 12.4. The van der Waals surface area contributed by atoms with Gasteiger partial charge in [-0.25, -0.2) is 8.78 Å². The maximum Gasteiger partial charge on any atom is 0.266 e. The molecule has 1 unspecified atom stereocenters. The van der Waals surface area contributed by atoms with Gasteiger partial charge in [-0.15, -0.1) is 11.3 Å². The molecule has 0 saturated heterocycles. The van der Waals surface area contributed by atoms with Gasteiger partial charge < -0.3 is 10.1 Å². The molecule has 2 aromatic rings. The molecule has 0 aliphatic carbocycles. The molecule has 0 radical (unpaired) electrons. The van der Waals surface area contributed by atoms with Crippen LogP contribution in [0.2, 0.25) is 0 Å². The van der Waals surface area contributed by atoms with Gasteiger partial charge in [0.25, 0.3) is 5.91 Å². The predicted molar refractivity (Wildman–Crippen MR) is 73.0 cm³/mol. The molecule has 0 bridgehead atoms. The normalized spacial score (nSPS) is 11.5. The van der Waals surface area contributed by atoms with Crippen molar-refractivity contribution in [3.05, 3.63) is 51.7 Å². The van der Waals surface area contributed by atoms with Crippen molar-refractivity contribution in [1.29, 1.82) is 5.26 Å².